The van der Waals surface area contributed by atoms with Gasteiger partial charge in [0, 0.05) is 24.7 Å². The molecule has 0 radical (unpaired) electrons. The van der Waals surface area contributed by atoms with Gasteiger partial charge < -0.3 is 10.6 Å². The number of anilines is 2. The predicted octanol–water partition coefficient (Wildman–Crippen LogP) is 3.21. The zero-order valence-electron chi connectivity index (χ0n) is 12.4. The van der Waals surface area contributed by atoms with E-state index in [1.54, 1.807) is 0 Å². The normalized spacial score (nSPS) is 10.8. The van der Waals surface area contributed by atoms with Crippen LogP contribution in [0.5, 0.6) is 0 Å². The van der Waals surface area contributed by atoms with Crippen LogP contribution in [0.4, 0.5) is 11.6 Å². The van der Waals surface area contributed by atoms with E-state index in [-0.39, 0.29) is 0 Å². The fourth-order valence-electron chi connectivity index (χ4n) is 2.16. The first-order chi connectivity index (χ1) is 9.60. The van der Waals surface area contributed by atoms with Gasteiger partial charge in [-0.3, -0.25) is 0 Å². The number of nitrogens with zero attached hydrogens (tertiary/aromatic N) is 3. The van der Waals surface area contributed by atoms with Gasteiger partial charge in [0.15, 0.2) is 5.82 Å². The van der Waals surface area contributed by atoms with Crippen molar-refractivity contribution < 1.29 is 0 Å². The molecule has 106 valence electrons. The van der Waals surface area contributed by atoms with Crippen molar-refractivity contribution >= 4 is 11.6 Å². The second-order valence-corrected chi connectivity index (χ2v) is 5.27. The summed E-state index contributed by atoms with van der Waals surface area (Å²) in [5, 5.41) is 0. The van der Waals surface area contributed by atoms with Gasteiger partial charge in [0.05, 0.1) is 0 Å². The fourth-order valence-corrected chi connectivity index (χ4v) is 2.16. The highest BCUT2D eigenvalue weighted by molar-refractivity contribution is 5.60. The van der Waals surface area contributed by atoms with Crippen molar-refractivity contribution in [2.75, 3.05) is 23.7 Å². The molecular weight excluding hydrogens is 248 g/mol. The number of rotatable bonds is 5. The molecule has 4 nitrogen and oxygen atoms in total. The minimum absolute atomic E-state index is 0.510. The van der Waals surface area contributed by atoms with Crippen LogP contribution in [0.25, 0.3) is 11.4 Å². The third kappa shape index (κ3) is 3.47. The molecule has 0 aliphatic heterocycles. The first kappa shape index (κ1) is 14.3. The van der Waals surface area contributed by atoms with E-state index in [2.05, 4.69) is 35.6 Å². The van der Waals surface area contributed by atoms with E-state index in [0.29, 0.717) is 17.6 Å². The van der Waals surface area contributed by atoms with Gasteiger partial charge in [-0.15, -0.1) is 0 Å². The third-order valence-corrected chi connectivity index (χ3v) is 3.06. The van der Waals surface area contributed by atoms with Crippen molar-refractivity contribution in [1.29, 1.82) is 0 Å². The summed E-state index contributed by atoms with van der Waals surface area (Å²) in [4.78, 5) is 11.2. The standard InChI is InChI=1S/C16H22N4/c1-4-20(11-12(2)3)15-10-14(17)18-16(19-15)13-8-6-5-7-9-13/h5-10,12H,4,11H2,1-3H3,(H2,17,18,19). The molecule has 0 saturated carbocycles. The van der Waals surface area contributed by atoms with Gasteiger partial charge in [-0.25, -0.2) is 9.97 Å². The maximum Gasteiger partial charge on any atom is 0.163 e. The van der Waals surface area contributed by atoms with Gasteiger partial charge in [-0.1, -0.05) is 44.2 Å². The summed E-state index contributed by atoms with van der Waals surface area (Å²) in [5.41, 5.74) is 6.93. The van der Waals surface area contributed by atoms with E-state index in [0.717, 1.165) is 24.5 Å². The van der Waals surface area contributed by atoms with Crippen LogP contribution in [0.2, 0.25) is 0 Å². The molecule has 0 saturated heterocycles. The summed E-state index contributed by atoms with van der Waals surface area (Å²) in [6.07, 6.45) is 0. The van der Waals surface area contributed by atoms with Crippen molar-refractivity contribution in [3.05, 3.63) is 36.4 Å². The Hall–Kier alpha value is -2.10. The Balaban J connectivity index is 2.38. The Kier molecular flexibility index (Phi) is 4.56. The molecule has 2 N–H and O–H groups in total. The van der Waals surface area contributed by atoms with Crippen LogP contribution in [0, 0.1) is 5.92 Å². The molecule has 0 atom stereocenters. The predicted molar refractivity (Wildman–Crippen MR) is 84.6 cm³/mol. The minimum atomic E-state index is 0.510. The van der Waals surface area contributed by atoms with Crippen molar-refractivity contribution in [1.82, 2.24) is 9.97 Å². The quantitative estimate of drug-likeness (QED) is 0.906. The van der Waals surface area contributed by atoms with Gasteiger partial charge in [0.25, 0.3) is 0 Å². The number of hydrogen-bond acceptors (Lipinski definition) is 4. The first-order valence-corrected chi connectivity index (χ1v) is 7.05. The van der Waals surface area contributed by atoms with Crippen LogP contribution in [0.3, 0.4) is 0 Å². The molecule has 0 aliphatic rings. The molecule has 1 heterocycles. The molecule has 0 bridgehead atoms. The van der Waals surface area contributed by atoms with Crippen LogP contribution in [-0.4, -0.2) is 23.1 Å². The van der Waals surface area contributed by atoms with Crippen molar-refractivity contribution in [2.45, 2.75) is 20.8 Å². The van der Waals surface area contributed by atoms with Crippen molar-refractivity contribution in [2.24, 2.45) is 5.92 Å². The maximum atomic E-state index is 5.94. The van der Waals surface area contributed by atoms with Crippen molar-refractivity contribution in [3.63, 3.8) is 0 Å². The summed E-state index contributed by atoms with van der Waals surface area (Å²) >= 11 is 0. The fraction of sp³-hybridized carbons (Fsp3) is 0.375. The molecule has 1 aromatic carbocycles. The van der Waals surface area contributed by atoms with E-state index in [1.807, 2.05) is 36.4 Å². The minimum Gasteiger partial charge on any atom is -0.384 e. The molecule has 0 amide bonds. The molecule has 2 rings (SSSR count). The zero-order valence-corrected chi connectivity index (χ0v) is 12.4. The number of nitrogen functional groups attached to an aromatic ring is 1. The summed E-state index contributed by atoms with van der Waals surface area (Å²) < 4.78 is 0. The van der Waals surface area contributed by atoms with Crippen LogP contribution in [-0.2, 0) is 0 Å². The highest BCUT2D eigenvalue weighted by Crippen LogP contribution is 2.21. The van der Waals surface area contributed by atoms with E-state index in [1.165, 1.54) is 0 Å². The molecule has 2 aromatic rings. The molecule has 0 unspecified atom stereocenters. The first-order valence-electron chi connectivity index (χ1n) is 7.05. The third-order valence-electron chi connectivity index (χ3n) is 3.06. The largest absolute Gasteiger partial charge is 0.384 e. The van der Waals surface area contributed by atoms with Gasteiger partial charge in [-0.2, -0.15) is 0 Å². The van der Waals surface area contributed by atoms with Gasteiger partial charge in [-0.05, 0) is 12.8 Å². The molecule has 1 aromatic heterocycles. The highest BCUT2D eigenvalue weighted by Gasteiger charge is 2.11. The number of aromatic nitrogens is 2. The molecule has 0 aliphatic carbocycles. The second kappa shape index (κ2) is 6.37. The maximum absolute atomic E-state index is 5.94. The second-order valence-electron chi connectivity index (χ2n) is 5.27. The van der Waals surface area contributed by atoms with E-state index in [9.17, 15) is 0 Å². The van der Waals surface area contributed by atoms with Crippen LogP contribution >= 0.6 is 0 Å². The van der Waals surface area contributed by atoms with Crippen LogP contribution < -0.4 is 10.6 Å². The van der Waals surface area contributed by atoms with Gasteiger partial charge in [0.1, 0.15) is 11.6 Å². The Bertz CT molecular complexity index is 552. The topological polar surface area (TPSA) is 55.0 Å². The van der Waals surface area contributed by atoms with Gasteiger partial charge in [0.2, 0.25) is 0 Å². The Morgan fingerprint density at radius 1 is 1.15 bits per heavy atom. The molecule has 20 heavy (non-hydrogen) atoms. The summed E-state index contributed by atoms with van der Waals surface area (Å²) in [6.45, 7) is 8.39. The average molecular weight is 270 g/mol. The van der Waals surface area contributed by atoms with Gasteiger partial charge >= 0.3 is 0 Å². The lowest BCUT2D eigenvalue weighted by Crippen LogP contribution is -2.28. The lowest BCUT2D eigenvalue weighted by Gasteiger charge is -2.24. The van der Waals surface area contributed by atoms with E-state index < -0.39 is 0 Å². The molecule has 0 fully saturated rings. The molecule has 0 spiro atoms. The Morgan fingerprint density at radius 3 is 2.45 bits per heavy atom. The smallest absolute Gasteiger partial charge is 0.163 e. The monoisotopic (exact) mass is 270 g/mol. The number of benzene rings is 1. The Labute approximate surface area is 120 Å². The summed E-state index contributed by atoms with van der Waals surface area (Å²) in [7, 11) is 0. The van der Waals surface area contributed by atoms with E-state index >= 15 is 0 Å². The van der Waals surface area contributed by atoms with Crippen LogP contribution in [0.15, 0.2) is 36.4 Å². The molecule has 4 heteroatoms. The van der Waals surface area contributed by atoms with E-state index in [4.69, 9.17) is 5.73 Å². The Morgan fingerprint density at radius 2 is 1.85 bits per heavy atom. The zero-order chi connectivity index (χ0) is 14.5. The average Bonchev–Trinajstić information content (AvgIpc) is 2.45. The SMILES string of the molecule is CCN(CC(C)C)c1cc(N)nc(-c2ccccc2)n1. The highest BCUT2D eigenvalue weighted by atomic mass is 15.2. The van der Waals surface area contributed by atoms with Crippen LogP contribution in [0.1, 0.15) is 20.8 Å². The lowest BCUT2D eigenvalue weighted by atomic mass is 10.2. The lowest BCUT2D eigenvalue weighted by molar-refractivity contribution is 0.614. The summed E-state index contributed by atoms with van der Waals surface area (Å²) in [6, 6.07) is 11.8. The van der Waals surface area contributed by atoms with Crippen molar-refractivity contribution in [3.8, 4) is 11.4 Å². The molecular formula is C16H22N4. The number of hydrogen-bond donors (Lipinski definition) is 1. The number of nitrogens with two attached hydrogens (primary N) is 1. The summed E-state index contributed by atoms with van der Waals surface area (Å²) in [5.74, 6) is 2.66.